The molecule has 0 unspecified atom stereocenters. The Morgan fingerprint density at radius 1 is 1.73 bits per heavy atom. The summed E-state index contributed by atoms with van der Waals surface area (Å²) in [7, 11) is 0. The maximum absolute atomic E-state index is 10.1. The van der Waals surface area contributed by atoms with Crippen LogP contribution in [0.1, 0.15) is 5.69 Å². The summed E-state index contributed by atoms with van der Waals surface area (Å²) in [5, 5.41) is 19.1. The van der Waals surface area contributed by atoms with Gasteiger partial charge in [0, 0.05) is 0 Å². The van der Waals surface area contributed by atoms with Gasteiger partial charge in [-0.15, -0.1) is 0 Å². The van der Waals surface area contributed by atoms with Crippen molar-refractivity contribution in [1.82, 2.24) is 4.98 Å². The van der Waals surface area contributed by atoms with Crippen molar-refractivity contribution in [3.05, 3.63) is 28.1 Å². The third-order valence-corrected chi connectivity index (χ3v) is 1.26. The van der Waals surface area contributed by atoms with E-state index in [9.17, 15) is 10.1 Å². The Kier molecular flexibility index (Phi) is 1.72. The van der Waals surface area contributed by atoms with Crippen molar-refractivity contribution >= 4 is 5.69 Å². The first kappa shape index (κ1) is 7.46. The molecule has 0 aliphatic rings. The third-order valence-electron chi connectivity index (χ3n) is 1.26. The predicted molar refractivity (Wildman–Crippen MR) is 37.3 cm³/mol. The van der Waals surface area contributed by atoms with E-state index in [4.69, 9.17) is 5.11 Å². The second-order valence-electron chi connectivity index (χ2n) is 2.06. The number of nitrogens with zero attached hydrogens (tertiary/aromatic N) is 2. The number of hydrogen-bond donors (Lipinski definition) is 1. The van der Waals surface area contributed by atoms with Crippen LogP contribution < -0.4 is 0 Å². The van der Waals surface area contributed by atoms with Gasteiger partial charge in [-0.25, -0.2) is 0 Å². The molecule has 1 heterocycles. The van der Waals surface area contributed by atoms with Crippen LogP contribution in [0.15, 0.2) is 12.3 Å². The van der Waals surface area contributed by atoms with Crippen molar-refractivity contribution in [3.8, 4) is 5.75 Å². The molecule has 5 nitrogen and oxygen atoms in total. The molecule has 0 aromatic carbocycles. The van der Waals surface area contributed by atoms with Crippen molar-refractivity contribution in [2.75, 3.05) is 0 Å². The van der Waals surface area contributed by atoms with Gasteiger partial charge in [-0.3, -0.25) is 15.1 Å². The van der Waals surface area contributed by atoms with E-state index in [0.29, 0.717) is 5.69 Å². The molecule has 0 saturated heterocycles. The van der Waals surface area contributed by atoms with Crippen LogP contribution in [0.3, 0.4) is 0 Å². The van der Waals surface area contributed by atoms with Gasteiger partial charge in [-0.05, 0) is 6.92 Å². The van der Waals surface area contributed by atoms with Gasteiger partial charge in [0.05, 0.1) is 16.7 Å². The van der Waals surface area contributed by atoms with Gasteiger partial charge in [0.1, 0.15) is 11.9 Å². The van der Waals surface area contributed by atoms with Crippen LogP contribution >= 0.6 is 0 Å². The van der Waals surface area contributed by atoms with Crippen molar-refractivity contribution in [2.45, 2.75) is 6.92 Å². The maximum Gasteiger partial charge on any atom is 0.291 e. The molecular weight excluding hydrogens is 148 g/mol. The Hall–Kier alpha value is -1.65. The molecule has 0 radical (unpaired) electrons. The van der Waals surface area contributed by atoms with E-state index >= 15 is 0 Å². The Labute approximate surface area is 62.5 Å². The van der Waals surface area contributed by atoms with Crippen LogP contribution in [-0.4, -0.2) is 15.0 Å². The Morgan fingerprint density at radius 3 is 2.82 bits per heavy atom. The molecule has 0 amide bonds. The fraction of sp³-hybridized carbons (Fsp3) is 0.167. The molecule has 0 atom stereocenters. The summed E-state index contributed by atoms with van der Waals surface area (Å²) < 4.78 is 0. The van der Waals surface area contributed by atoms with Crippen LogP contribution in [0.4, 0.5) is 5.69 Å². The fourth-order valence-electron chi connectivity index (χ4n) is 0.611. The van der Waals surface area contributed by atoms with E-state index in [1.165, 1.54) is 0 Å². The van der Waals surface area contributed by atoms with Crippen LogP contribution in [0.25, 0.3) is 0 Å². The second-order valence-corrected chi connectivity index (χ2v) is 2.06. The number of aromatic nitrogens is 1. The molecule has 5 heteroatoms. The monoisotopic (exact) mass is 154 g/mol. The first-order valence-corrected chi connectivity index (χ1v) is 2.91. The first-order valence-electron chi connectivity index (χ1n) is 2.91. The third kappa shape index (κ3) is 1.43. The van der Waals surface area contributed by atoms with Gasteiger partial charge in [0.25, 0.3) is 5.69 Å². The van der Waals surface area contributed by atoms with Gasteiger partial charge < -0.3 is 5.11 Å². The number of rotatable bonds is 1. The quantitative estimate of drug-likeness (QED) is 0.483. The molecule has 0 saturated carbocycles. The zero-order valence-corrected chi connectivity index (χ0v) is 5.81. The fourth-order valence-corrected chi connectivity index (χ4v) is 0.611. The molecule has 1 N–H and O–H groups in total. The lowest BCUT2D eigenvalue weighted by Crippen LogP contribution is -1.90. The average molecular weight is 154 g/mol. The Bertz CT molecular complexity index is 298. The van der Waals surface area contributed by atoms with Gasteiger partial charge >= 0.3 is 0 Å². The van der Waals surface area contributed by atoms with Crippen molar-refractivity contribution in [2.24, 2.45) is 0 Å². The number of hydrogen-bond acceptors (Lipinski definition) is 4. The number of pyridine rings is 1. The van der Waals surface area contributed by atoms with E-state index in [0.717, 1.165) is 12.3 Å². The normalized spacial score (nSPS) is 9.55. The minimum Gasteiger partial charge on any atom is -0.506 e. The SMILES string of the molecule is Cc1ncc([N+](=O)[O-])cc1O. The standard InChI is InChI=1S/C6H6N2O3/c1-4-6(9)2-5(3-7-4)8(10)11/h2-3,9H,1H3. The minimum absolute atomic E-state index is 0.154. The molecule has 1 rings (SSSR count). The van der Waals surface area contributed by atoms with Crippen LogP contribution in [0, 0.1) is 17.0 Å². The van der Waals surface area contributed by atoms with Crippen molar-refractivity contribution in [1.29, 1.82) is 0 Å². The highest BCUT2D eigenvalue weighted by Crippen LogP contribution is 2.19. The summed E-state index contributed by atoms with van der Waals surface area (Å²) in [6.07, 6.45) is 1.11. The molecular formula is C6H6N2O3. The number of nitro groups is 1. The summed E-state index contributed by atoms with van der Waals surface area (Å²) in [5.41, 5.74) is 0.184. The first-order chi connectivity index (χ1) is 5.11. The average Bonchev–Trinajstić information content (AvgIpc) is 1.94. The highest BCUT2D eigenvalue weighted by atomic mass is 16.6. The molecule has 0 bridgehead atoms. The number of aryl methyl sites for hydroxylation is 1. The molecule has 0 fully saturated rings. The highest BCUT2D eigenvalue weighted by Gasteiger charge is 2.07. The minimum atomic E-state index is -0.605. The molecule has 0 aliphatic carbocycles. The van der Waals surface area contributed by atoms with Crippen LogP contribution in [0.5, 0.6) is 5.75 Å². The van der Waals surface area contributed by atoms with E-state index < -0.39 is 4.92 Å². The summed E-state index contributed by atoms with van der Waals surface area (Å²) in [6.45, 7) is 1.57. The summed E-state index contributed by atoms with van der Waals surface area (Å²) in [5.74, 6) is -0.154. The molecule has 0 aliphatic heterocycles. The smallest absolute Gasteiger partial charge is 0.291 e. The van der Waals surface area contributed by atoms with Gasteiger partial charge in [-0.1, -0.05) is 0 Å². The summed E-state index contributed by atoms with van der Waals surface area (Å²) >= 11 is 0. The molecule has 11 heavy (non-hydrogen) atoms. The largest absolute Gasteiger partial charge is 0.506 e. The molecule has 1 aromatic heterocycles. The maximum atomic E-state index is 10.1. The lowest BCUT2D eigenvalue weighted by Gasteiger charge is -1.95. The van der Waals surface area contributed by atoms with E-state index in [2.05, 4.69) is 4.98 Å². The van der Waals surface area contributed by atoms with Gasteiger partial charge in [-0.2, -0.15) is 0 Å². The van der Waals surface area contributed by atoms with E-state index in [-0.39, 0.29) is 11.4 Å². The highest BCUT2D eigenvalue weighted by molar-refractivity contribution is 5.37. The van der Waals surface area contributed by atoms with Crippen LogP contribution in [-0.2, 0) is 0 Å². The van der Waals surface area contributed by atoms with Crippen molar-refractivity contribution < 1.29 is 10.0 Å². The van der Waals surface area contributed by atoms with Crippen molar-refractivity contribution in [3.63, 3.8) is 0 Å². The van der Waals surface area contributed by atoms with Crippen LogP contribution in [0.2, 0.25) is 0 Å². The lowest BCUT2D eigenvalue weighted by atomic mass is 10.3. The van der Waals surface area contributed by atoms with Gasteiger partial charge in [0.15, 0.2) is 0 Å². The lowest BCUT2D eigenvalue weighted by molar-refractivity contribution is -0.385. The Morgan fingerprint density at radius 2 is 2.36 bits per heavy atom. The second kappa shape index (κ2) is 2.53. The zero-order chi connectivity index (χ0) is 8.43. The van der Waals surface area contributed by atoms with Gasteiger partial charge in [0.2, 0.25) is 0 Å². The summed E-state index contributed by atoms with van der Waals surface area (Å²) in [4.78, 5) is 13.1. The topological polar surface area (TPSA) is 76.3 Å². The summed E-state index contributed by atoms with van der Waals surface area (Å²) in [6, 6.07) is 1.07. The zero-order valence-electron chi connectivity index (χ0n) is 5.81. The predicted octanol–water partition coefficient (Wildman–Crippen LogP) is 1.00. The van der Waals surface area contributed by atoms with E-state index in [1.54, 1.807) is 6.92 Å². The Balaban J connectivity index is 3.15. The molecule has 0 spiro atoms. The number of aromatic hydroxyl groups is 1. The molecule has 1 aromatic rings. The van der Waals surface area contributed by atoms with E-state index in [1.807, 2.05) is 0 Å². The molecule has 58 valence electrons.